The Hall–Kier alpha value is -1.94. The third kappa shape index (κ3) is 2.51. The number of anilines is 1. The fourth-order valence-corrected chi connectivity index (χ4v) is 2.72. The van der Waals surface area contributed by atoms with Gasteiger partial charge in [-0.25, -0.2) is 4.79 Å². The third-order valence-corrected chi connectivity index (χ3v) is 3.83. The van der Waals surface area contributed by atoms with E-state index in [0.717, 1.165) is 25.1 Å². The molecule has 2 heterocycles. The van der Waals surface area contributed by atoms with Crippen LogP contribution in [0.15, 0.2) is 47.1 Å². The Labute approximate surface area is 122 Å². The monoisotopic (exact) mass is 290 g/mol. The average Bonchev–Trinajstić information content (AvgIpc) is 3.11. The highest BCUT2D eigenvalue weighted by Crippen LogP contribution is 2.33. The Morgan fingerprint density at radius 3 is 2.90 bits per heavy atom. The summed E-state index contributed by atoms with van der Waals surface area (Å²) in [6.45, 7) is 0.724. The first-order valence-electron chi connectivity index (χ1n) is 6.61. The van der Waals surface area contributed by atoms with Gasteiger partial charge in [-0.3, -0.25) is 0 Å². The molecule has 1 aliphatic rings. The van der Waals surface area contributed by atoms with Gasteiger partial charge in [0.1, 0.15) is 5.76 Å². The molecule has 0 bridgehead atoms. The number of hydrogen-bond donors (Lipinski definition) is 1. The van der Waals surface area contributed by atoms with E-state index in [2.05, 4.69) is 5.32 Å². The number of carbonyl (C=O) groups excluding carboxylic acids is 1. The van der Waals surface area contributed by atoms with E-state index in [0.29, 0.717) is 10.7 Å². The summed E-state index contributed by atoms with van der Waals surface area (Å²) >= 11 is 6.06. The van der Waals surface area contributed by atoms with Crippen LogP contribution in [-0.4, -0.2) is 17.5 Å². The second-order valence-electron chi connectivity index (χ2n) is 4.78. The fraction of sp³-hybridized carbons (Fsp3) is 0.267. The Kier molecular flexibility index (Phi) is 3.65. The Balaban J connectivity index is 1.75. The zero-order valence-electron chi connectivity index (χ0n) is 10.9. The first-order valence-corrected chi connectivity index (χ1v) is 6.99. The summed E-state index contributed by atoms with van der Waals surface area (Å²) in [4.78, 5) is 14.2. The lowest BCUT2D eigenvalue weighted by Gasteiger charge is -2.23. The normalized spacial score (nSPS) is 18.2. The van der Waals surface area contributed by atoms with Crippen molar-refractivity contribution in [2.75, 3.05) is 11.9 Å². The van der Waals surface area contributed by atoms with Crippen LogP contribution in [0, 0.1) is 0 Å². The lowest BCUT2D eigenvalue weighted by Crippen LogP contribution is -2.34. The molecule has 4 nitrogen and oxygen atoms in total. The van der Waals surface area contributed by atoms with E-state index in [4.69, 9.17) is 16.0 Å². The summed E-state index contributed by atoms with van der Waals surface area (Å²) in [7, 11) is 0. The van der Waals surface area contributed by atoms with Crippen molar-refractivity contribution < 1.29 is 9.21 Å². The zero-order chi connectivity index (χ0) is 13.9. The fourth-order valence-electron chi connectivity index (χ4n) is 2.54. The van der Waals surface area contributed by atoms with Crippen molar-refractivity contribution in [1.29, 1.82) is 0 Å². The molecule has 5 heteroatoms. The lowest BCUT2D eigenvalue weighted by molar-refractivity contribution is 0.200. The summed E-state index contributed by atoms with van der Waals surface area (Å²) in [6, 6.07) is 10.8. The van der Waals surface area contributed by atoms with Crippen LogP contribution < -0.4 is 5.32 Å². The Morgan fingerprint density at radius 2 is 2.15 bits per heavy atom. The average molecular weight is 291 g/mol. The molecule has 1 fully saturated rings. The van der Waals surface area contributed by atoms with Crippen molar-refractivity contribution in [2.45, 2.75) is 18.9 Å². The van der Waals surface area contributed by atoms with E-state index in [1.54, 1.807) is 23.3 Å². The van der Waals surface area contributed by atoms with Gasteiger partial charge in [-0.15, -0.1) is 0 Å². The highest BCUT2D eigenvalue weighted by atomic mass is 35.5. The molecule has 3 rings (SSSR count). The van der Waals surface area contributed by atoms with Crippen LogP contribution in [0.3, 0.4) is 0 Å². The Morgan fingerprint density at radius 1 is 1.30 bits per heavy atom. The molecular formula is C15H15ClN2O2. The van der Waals surface area contributed by atoms with Crippen molar-refractivity contribution >= 4 is 23.3 Å². The van der Waals surface area contributed by atoms with Gasteiger partial charge < -0.3 is 14.6 Å². The van der Waals surface area contributed by atoms with Crippen LogP contribution in [0.25, 0.3) is 0 Å². The van der Waals surface area contributed by atoms with E-state index in [1.807, 2.05) is 24.3 Å². The van der Waals surface area contributed by atoms with Gasteiger partial charge in [-0.1, -0.05) is 23.7 Å². The number of amides is 2. The topological polar surface area (TPSA) is 45.5 Å². The molecule has 0 spiro atoms. The minimum Gasteiger partial charge on any atom is -0.467 e. The van der Waals surface area contributed by atoms with Gasteiger partial charge in [-0.05, 0) is 37.1 Å². The molecule has 1 aromatic heterocycles. The summed E-state index contributed by atoms with van der Waals surface area (Å²) < 4.78 is 5.42. The maximum Gasteiger partial charge on any atom is 0.322 e. The Bertz CT molecular complexity index is 598. The number of urea groups is 1. The number of carbonyl (C=O) groups is 1. The van der Waals surface area contributed by atoms with E-state index >= 15 is 0 Å². The molecule has 1 atom stereocenters. The number of hydrogen-bond acceptors (Lipinski definition) is 2. The summed E-state index contributed by atoms with van der Waals surface area (Å²) in [5.74, 6) is 0.830. The molecule has 2 aromatic rings. The largest absolute Gasteiger partial charge is 0.467 e. The molecule has 1 aromatic carbocycles. The van der Waals surface area contributed by atoms with Gasteiger partial charge in [0.15, 0.2) is 0 Å². The maximum absolute atomic E-state index is 12.4. The molecular weight excluding hydrogens is 276 g/mol. The molecule has 1 N–H and O–H groups in total. The van der Waals surface area contributed by atoms with Crippen molar-refractivity contribution in [3.8, 4) is 0 Å². The van der Waals surface area contributed by atoms with Gasteiger partial charge in [0.25, 0.3) is 0 Å². The maximum atomic E-state index is 12.4. The quantitative estimate of drug-likeness (QED) is 0.896. The van der Waals surface area contributed by atoms with Crippen molar-refractivity contribution in [1.82, 2.24) is 4.90 Å². The number of nitrogens with zero attached hydrogens (tertiary/aromatic N) is 1. The number of benzene rings is 1. The lowest BCUT2D eigenvalue weighted by atomic mass is 10.2. The van der Waals surface area contributed by atoms with E-state index in [-0.39, 0.29) is 12.1 Å². The first kappa shape index (κ1) is 13.1. The van der Waals surface area contributed by atoms with Crippen molar-refractivity contribution in [3.63, 3.8) is 0 Å². The van der Waals surface area contributed by atoms with Crippen molar-refractivity contribution in [3.05, 3.63) is 53.4 Å². The van der Waals surface area contributed by atoms with Gasteiger partial charge in [0.2, 0.25) is 0 Å². The van der Waals surface area contributed by atoms with E-state index in [1.165, 1.54) is 0 Å². The molecule has 1 aliphatic heterocycles. The second kappa shape index (κ2) is 5.59. The smallest absolute Gasteiger partial charge is 0.322 e. The van der Waals surface area contributed by atoms with Gasteiger partial charge in [0, 0.05) is 6.54 Å². The molecule has 0 unspecified atom stereocenters. The van der Waals surface area contributed by atoms with E-state index in [9.17, 15) is 4.79 Å². The molecule has 0 aliphatic carbocycles. The number of nitrogens with one attached hydrogen (secondary N) is 1. The molecule has 104 valence electrons. The minimum absolute atomic E-state index is 0.00693. The molecule has 0 radical (unpaired) electrons. The highest BCUT2D eigenvalue weighted by molar-refractivity contribution is 6.33. The summed E-state index contributed by atoms with van der Waals surface area (Å²) in [5, 5.41) is 3.39. The molecule has 20 heavy (non-hydrogen) atoms. The highest BCUT2D eigenvalue weighted by Gasteiger charge is 2.31. The predicted molar refractivity (Wildman–Crippen MR) is 77.9 cm³/mol. The number of para-hydroxylation sites is 1. The molecule has 0 saturated carbocycles. The first-order chi connectivity index (χ1) is 9.75. The summed E-state index contributed by atoms with van der Waals surface area (Å²) in [6.07, 6.45) is 3.53. The molecule has 1 saturated heterocycles. The van der Waals surface area contributed by atoms with Crippen LogP contribution in [-0.2, 0) is 0 Å². The van der Waals surface area contributed by atoms with Crippen LogP contribution >= 0.6 is 11.6 Å². The van der Waals surface area contributed by atoms with Gasteiger partial charge >= 0.3 is 6.03 Å². The standard InChI is InChI=1S/C15H15ClN2O2/c16-11-5-1-2-6-12(11)17-15(19)18-9-3-7-13(18)14-8-4-10-20-14/h1-2,4-6,8,10,13H,3,7,9H2,(H,17,19)/t13-/m1/s1. The predicted octanol–water partition coefficient (Wildman–Crippen LogP) is 4.30. The van der Waals surface area contributed by atoms with Crippen LogP contribution in [0.4, 0.5) is 10.5 Å². The van der Waals surface area contributed by atoms with Crippen molar-refractivity contribution in [2.24, 2.45) is 0 Å². The van der Waals surface area contributed by atoms with E-state index < -0.39 is 0 Å². The zero-order valence-corrected chi connectivity index (χ0v) is 11.6. The molecule has 2 amide bonds. The number of likely N-dealkylation sites (tertiary alicyclic amines) is 1. The summed E-state index contributed by atoms with van der Waals surface area (Å²) in [5.41, 5.74) is 0.629. The van der Waals surface area contributed by atoms with Crippen LogP contribution in [0.5, 0.6) is 0 Å². The van der Waals surface area contributed by atoms with Crippen LogP contribution in [0.1, 0.15) is 24.6 Å². The number of rotatable bonds is 2. The number of halogens is 1. The van der Waals surface area contributed by atoms with Crippen LogP contribution in [0.2, 0.25) is 5.02 Å². The second-order valence-corrected chi connectivity index (χ2v) is 5.18. The van der Waals surface area contributed by atoms with Gasteiger partial charge in [0.05, 0.1) is 23.0 Å². The minimum atomic E-state index is -0.142. The van der Waals surface area contributed by atoms with Gasteiger partial charge in [-0.2, -0.15) is 0 Å². The number of furan rings is 1. The third-order valence-electron chi connectivity index (χ3n) is 3.50. The SMILES string of the molecule is O=C(Nc1ccccc1Cl)N1CCC[C@@H]1c1ccco1.